The number of hydrogen-bond donors (Lipinski definition) is 2. The minimum absolute atomic E-state index is 0.0277. The summed E-state index contributed by atoms with van der Waals surface area (Å²) in [5, 5.41) is 11.3. The van der Waals surface area contributed by atoms with E-state index < -0.39 is 27.8 Å². The maximum absolute atomic E-state index is 12.1. The number of benzene rings is 1. The Kier molecular flexibility index (Phi) is 5.31. The Bertz CT molecular complexity index is 653. The predicted octanol–water partition coefficient (Wildman–Crippen LogP) is 0.692. The van der Waals surface area contributed by atoms with Crippen LogP contribution in [0.5, 0.6) is 5.75 Å². The molecule has 1 amide bonds. The van der Waals surface area contributed by atoms with E-state index in [2.05, 4.69) is 5.32 Å². The third-order valence-corrected chi connectivity index (χ3v) is 3.97. The number of carbonyl (C=O) groups excluding carboxylic acids is 1. The Morgan fingerprint density at radius 2 is 2.00 bits per heavy atom. The molecule has 1 unspecified atom stereocenters. The molecular formula is C13H17NO6S. The van der Waals surface area contributed by atoms with E-state index in [0.717, 1.165) is 12.3 Å². The van der Waals surface area contributed by atoms with Crippen molar-refractivity contribution in [1.82, 2.24) is 5.32 Å². The number of carbonyl (C=O) groups is 2. The van der Waals surface area contributed by atoms with E-state index in [1.807, 2.05) is 0 Å². The zero-order valence-electron chi connectivity index (χ0n) is 11.9. The Morgan fingerprint density at radius 1 is 1.38 bits per heavy atom. The van der Waals surface area contributed by atoms with E-state index in [9.17, 15) is 18.0 Å². The second-order valence-corrected chi connectivity index (χ2v) is 6.42. The number of carboxylic acid groups (broad SMARTS) is 1. The van der Waals surface area contributed by atoms with Gasteiger partial charge in [-0.15, -0.1) is 0 Å². The molecule has 0 aliphatic rings. The summed E-state index contributed by atoms with van der Waals surface area (Å²) in [5.74, 6) is -1.70. The first-order chi connectivity index (χ1) is 9.70. The quantitative estimate of drug-likeness (QED) is 0.799. The minimum atomic E-state index is -3.49. The van der Waals surface area contributed by atoms with Crippen molar-refractivity contribution in [3.05, 3.63) is 23.8 Å². The third-order valence-electron chi connectivity index (χ3n) is 2.86. The average molecular weight is 315 g/mol. The molecule has 0 saturated heterocycles. The molecule has 2 N–H and O–H groups in total. The van der Waals surface area contributed by atoms with Gasteiger partial charge in [0.15, 0.2) is 9.84 Å². The number of methoxy groups -OCH3 is 1. The van der Waals surface area contributed by atoms with Crippen LogP contribution >= 0.6 is 0 Å². The lowest BCUT2D eigenvalue weighted by atomic mass is 10.1. The van der Waals surface area contributed by atoms with Crippen molar-refractivity contribution < 1.29 is 27.9 Å². The normalized spacial score (nSPS) is 12.5. The molecule has 21 heavy (non-hydrogen) atoms. The van der Waals surface area contributed by atoms with Gasteiger partial charge in [-0.1, -0.05) is 6.92 Å². The maximum Gasteiger partial charge on any atom is 0.326 e. The van der Waals surface area contributed by atoms with Gasteiger partial charge in [-0.25, -0.2) is 13.2 Å². The van der Waals surface area contributed by atoms with Gasteiger partial charge in [-0.3, -0.25) is 4.79 Å². The lowest BCUT2D eigenvalue weighted by Gasteiger charge is -2.14. The largest absolute Gasteiger partial charge is 0.496 e. The summed E-state index contributed by atoms with van der Waals surface area (Å²) in [4.78, 5) is 23.0. The highest BCUT2D eigenvalue weighted by Gasteiger charge is 2.22. The Hall–Kier alpha value is -2.09. The standard InChI is InChI=1S/C13H17NO6S/c1-4-10(13(16)17)14-12(15)9-7-8(21(3,18)19)5-6-11(9)20-2/h5-7,10H,4H2,1-3H3,(H,14,15)(H,16,17). The smallest absolute Gasteiger partial charge is 0.326 e. The molecule has 0 saturated carbocycles. The molecule has 0 aromatic heterocycles. The van der Waals surface area contributed by atoms with Crippen molar-refractivity contribution in [2.75, 3.05) is 13.4 Å². The third kappa shape index (κ3) is 4.19. The van der Waals surface area contributed by atoms with Crippen molar-refractivity contribution in [3.63, 3.8) is 0 Å². The molecule has 8 heteroatoms. The Morgan fingerprint density at radius 3 is 2.43 bits per heavy atom. The van der Waals surface area contributed by atoms with Crippen LogP contribution in [0.4, 0.5) is 0 Å². The number of nitrogens with one attached hydrogen (secondary N) is 1. The number of amides is 1. The molecular weight excluding hydrogens is 298 g/mol. The number of carboxylic acids is 1. The molecule has 0 aliphatic heterocycles. The van der Waals surface area contributed by atoms with Crippen LogP contribution in [0.1, 0.15) is 23.7 Å². The fourth-order valence-electron chi connectivity index (χ4n) is 1.67. The van der Waals surface area contributed by atoms with Gasteiger partial charge >= 0.3 is 5.97 Å². The number of hydrogen-bond acceptors (Lipinski definition) is 5. The number of rotatable bonds is 6. The highest BCUT2D eigenvalue weighted by molar-refractivity contribution is 7.90. The van der Waals surface area contributed by atoms with E-state index in [1.54, 1.807) is 6.92 Å². The van der Waals surface area contributed by atoms with E-state index in [0.29, 0.717) is 0 Å². The van der Waals surface area contributed by atoms with Crippen molar-refractivity contribution in [3.8, 4) is 5.75 Å². The lowest BCUT2D eigenvalue weighted by molar-refractivity contribution is -0.139. The topological polar surface area (TPSA) is 110 Å². The number of aliphatic carboxylic acids is 1. The fraction of sp³-hybridized carbons (Fsp3) is 0.385. The molecule has 0 heterocycles. The minimum Gasteiger partial charge on any atom is -0.496 e. The number of sulfone groups is 1. The van der Waals surface area contributed by atoms with Gasteiger partial charge in [-0.2, -0.15) is 0 Å². The molecule has 7 nitrogen and oxygen atoms in total. The van der Waals surface area contributed by atoms with E-state index >= 15 is 0 Å². The summed E-state index contributed by atoms with van der Waals surface area (Å²) < 4.78 is 28.1. The molecule has 0 fully saturated rings. The van der Waals surface area contributed by atoms with Crippen LogP contribution in [0.25, 0.3) is 0 Å². The van der Waals surface area contributed by atoms with Crippen molar-refractivity contribution in [1.29, 1.82) is 0 Å². The van der Waals surface area contributed by atoms with Crippen molar-refractivity contribution in [2.24, 2.45) is 0 Å². The second kappa shape index (κ2) is 6.57. The SMILES string of the molecule is CCC(NC(=O)c1cc(S(C)(=O)=O)ccc1OC)C(=O)O. The molecule has 0 radical (unpaired) electrons. The first-order valence-electron chi connectivity index (χ1n) is 6.12. The number of ether oxygens (including phenoxy) is 1. The zero-order chi connectivity index (χ0) is 16.2. The van der Waals surface area contributed by atoms with Gasteiger partial charge in [0.2, 0.25) is 0 Å². The molecule has 0 spiro atoms. The van der Waals surface area contributed by atoms with E-state index in [1.165, 1.54) is 19.2 Å². The van der Waals surface area contributed by atoms with Gasteiger partial charge in [-0.05, 0) is 24.6 Å². The summed E-state index contributed by atoms with van der Waals surface area (Å²) in [7, 11) is -2.15. The average Bonchev–Trinajstić information content (AvgIpc) is 2.42. The molecule has 116 valence electrons. The highest BCUT2D eigenvalue weighted by atomic mass is 32.2. The summed E-state index contributed by atoms with van der Waals surface area (Å²) in [6.45, 7) is 1.61. The van der Waals surface area contributed by atoms with Crippen LogP contribution in [-0.2, 0) is 14.6 Å². The highest BCUT2D eigenvalue weighted by Crippen LogP contribution is 2.22. The van der Waals surface area contributed by atoms with Crippen molar-refractivity contribution in [2.45, 2.75) is 24.3 Å². The Labute approximate surface area is 122 Å². The van der Waals surface area contributed by atoms with Gasteiger partial charge < -0.3 is 15.2 Å². The molecule has 0 bridgehead atoms. The van der Waals surface area contributed by atoms with Crippen molar-refractivity contribution >= 4 is 21.7 Å². The van der Waals surface area contributed by atoms with Gasteiger partial charge in [0, 0.05) is 6.26 Å². The maximum atomic E-state index is 12.1. The zero-order valence-corrected chi connectivity index (χ0v) is 12.7. The van der Waals surface area contributed by atoms with Crippen LogP contribution in [0.3, 0.4) is 0 Å². The first kappa shape index (κ1) is 17.0. The summed E-state index contributed by atoms with van der Waals surface area (Å²) in [6, 6.07) is 2.79. The molecule has 1 rings (SSSR count). The van der Waals surface area contributed by atoms with Crippen LogP contribution in [-0.4, -0.2) is 44.8 Å². The van der Waals surface area contributed by atoms with Crippen LogP contribution in [0.2, 0.25) is 0 Å². The van der Waals surface area contributed by atoms with E-state index in [-0.39, 0.29) is 22.6 Å². The Balaban J connectivity index is 3.21. The van der Waals surface area contributed by atoms with Crippen LogP contribution in [0, 0.1) is 0 Å². The summed E-state index contributed by atoms with van der Waals surface area (Å²) in [6.07, 6.45) is 1.22. The molecule has 1 aromatic carbocycles. The summed E-state index contributed by atoms with van der Waals surface area (Å²) in [5.41, 5.74) is -0.0277. The second-order valence-electron chi connectivity index (χ2n) is 4.41. The molecule has 1 atom stereocenters. The molecule has 0 aliphatic carbocycles. The lowest BCUT2D eigenvalue weighted by Crippen LogP contribution is -2.40. The monoisotopic (exact) mass is 315 g/mol. The van der Waals surface area contributed by atoms with Crippen LogP contribution in [0.15, 0.2) is 23.1 Å². The van der Waals surface area contributed by atoms with Gasteiger partial charge in [0.05, 0.1) is 17.6 Å². The first-order valence-corrected chi connectivity index (χ1v) is 8.01. The predicted molar refractivity (Wildman–Crippen MR) is 75.3 cm³/mol. The molecule has 1 aromatic rings. The van der Waals surface area contributed by atoms with Gasteiger partial charge in [0.25, 0.3) is 5.91 Å². The van der Waals surface area contributed by atoms with Gasteiger partial charge in [0.1, 0.15) is 11.8 Å². The fourth-order valence-corrected chi connectivity index (χ4v) is 2.32. The summed E-state index contributed by atoms with van der Waals surface area (Å²) >= 11 is 0. The van der Waals surface area contributed by atoms with E-state index in [4.69, 9.17) is 9.84 Å². The van der Waals surface area contributed by atoms with Crippen LogP contribution < -0.4 is 10.1 Å².